The van der Waals surface area contributed by atoms with E-state index in [0.29, 0.717) is 0 Å². The van der Waals surface area contributed by atoms with E-state index in [0.717, 1.165) is 0 Å². The van der Waals surface area contributed by atoms with Gasteiger partial charge in [-0.1, -0.05) is 20.3 Å². The molecule has 0 spiro atoms. The zero-order valence-electron chi connectivity index (χ0n) is 2.71. The van der Waals surface area contributed by atoms with Crippen LogP contribution in [-0.2, 0) is 0 Å². The minimum atomic E-state index is 0. The molecule has 0 unspecified atom stereocenters. The summed E-state index contributed by atoms with van der Waals surface area (Å²) in [5, 5.41) is 0. The fourth-order valence-electron chi connectivity index (χ4n) is 0. The van der Waals surface area contributed by atoms with Gasteiger partial charge >= 0.3 is 59.1 Å². The zero-order valence-corrected chi connectivity index (χ0v) is 2.71. The van der Waals surface area contributed by atoms with Crippen molar-refractivity contribution < 1.29 is 0 Å². The molecule has 0 aliphatic rings. The van der Waals surface area contributed by atoms with Crippen LogP contribution in [0.5, 0.6) is 0 Å². The molecule has 0 saturated heterocycles. The molecule has 0 radical (unpaired) electrons. The second kappa shape index (κ2) is 16.7. The molecule has 0 atom stereocenters. The van der Waals surface area contributed by atoms with Gasteiger partial charge in [0, 0.05) is 0 Å². The van der Waals surface area contributed by atoms with Gasteiger partial charge in [-0.15, -0.1) is 0 Å². The molecule has 0 aliphatic carbocycles. The van der Waals surface area contributed by atoms with Crippen molar-refractivity contribution in [2.24, 2.45) is 0 Å². The Hall–Kier alpha value is 2.00. The standard InChI is InChI=1S/C3H8.2Na.2H/c1-3-2;;;;/h3H2,1-2H3;;;;. The summed E-state index contributed by atoms with van der Waals surface area (Å²) in [4.78, 5) is 0. The Morgan fingerprint density at radius 2 is 1.00 bits per heavy atom. The van der Waals surface area contributed by atoms with E-state index in [4.69, 9.17) is 0 Å². The van der Waals surface area contributed by atoms with E-state index in [-0.39, 0.29) is 59.1 Å². The topological polar surface area (TPSA) is 0 Å². The van der Waals surface area contributed by atoms with E-state index in [1.165, 1.54) is 6.42 Å². The molecule has 0 rings (SSSR count). The van der Waals surface area contributed by atoms with E-state index in [1.54, 1.807) is 0 Å². The Balaban J connectivity index is -0.0000000200. The van der Waals surface area contributed by atoms with Crippen molar-refractivity contribution in [3.8, 4) is 0 Å². The van der Waals surface area contributed by atoms with Crippen LogP contribution in [0.3, 0.4) is 0 Å². The molecule has 0 saturated carbocycles. The van der Waals surface area contributed by atoms with Gasteiger partial charge in [-0.25, -0.2) is 0 Å². The van der Waals surface area contributed by atoms with Crippen LogP contribution < -0.4 is 0 Å². The molecule has 0 aromatic heterocycles. The fourth-order valence-corrected chi connectivity index (χ4v) is 0. The number of hydrogen-bond acceptors (Lipinski definition) is 0. The van der Waals surface area contributed by atoms with Gasteiger partial charge in [0.05, 0.1) is 0 Å². The van der Waals surface area contributed by atoms with Gasteiger partial charge in [-0.3, -0.25) is 0 Å². The van der Waals surface area contributed by atoms with Crippen molar-refractivity contribution in [2.45, 2.75) is 20.3 Å². The summed E-state index contributed by atoms with van der Waals surface area (Å²) in [6, 6.07) is 0. The Labute approximate surface area is 78.3 Å². The monoisotopic (exact) mass is 92.1 g/mol. The number of rotatable bonds is 0. The molecule has 0 amide bonds. The molecular formula is C3H10Na2. The third kappa shape index (κ3) is 24.0. The SMILES string of the molecule is CCC.[NaH].[NaH]. The van der Waals surface area contributed by atoms with E-state index in [1.807, 2.05) is 0 Å². The minimum absolute atomic E-state index is 0. The van der Waals surface area contributed by atoms with Gasteiger partial charge in [0.1, 0.15) is 0 Å². The van der Waals surface area contributed by atoms with Crippen LogP contribution in [-0.4, -0.2) is 59.1 Å². The zero-order chi connectivity index (χ0) is 2.71. The first-order chi connectivity index (χ1) is 1.41. The van der Waals surface area contributed by atoms with Crippen molar-refractivity contribution in [3.63, 3.8) is 0 Å². The number of hydrogen-bond donors (Lipinski definition) is 0. The van der Waals surface area contributed by atoms with Crippen LogP contribution >= 0.6 is 0 Å². The molecule has 0 aromatic rings. The Bertz CT molecular complexity index is 4.85. The van der Waals surface area contributed by atoms with E-state index >= 15 is 0 Å². The quantitative estimate of drug-likeness (QED) is 0.372. The van der Waals surface area contributed by atoms with Gasteiger partial charge in [0.25, 0.3) is 0 Å². The van der Waals surface area contributed by atoms with Crippen LogP contribution in [0.2, 0.25) is 0 Å². The molecule has 5 heavy (non-hydrogen) atoms. The maximum absolute atomic E-state index is 2.12. The summed E-state index contributed by atoms with van der Waals surface area (Å²) in [6.07, 6.45) is 1.25. The van der Waals surface area contributed by atoms with E-state index in [2.05, 4.69) is 13.8 Å². The summed E-state index contributed by atoms with van der Waals surface area (Å²) in [7, 11) is 0. The van der Waals surface area contributed by atoms with Crippen LogP contribution in [0.15, 0.2) is 0 Å². The molecule has 0 heterocycles. The third-order valence-electron chi connectivity index (χ3n) is 0. The molecule has 0 aliphatic heterocycles. The predicted molar refractivity (Wildman–Crippen MR) is 30.3 cm³/mol. The predicted octanol–water partition coefficient (Wildman–Crippen LogP) is 0.119. The molecule has 0 N–H and O–H groups in total. The Morgan fingerprint density at radius 1 is 1.00 bits per heavy atom. The molecule has 0 nitrogen and oxygen atoms in total. The van der Waals surface area contributed by atoms with Gasteiger partial charge in [-0.2, -0.15) is 0 Å². The third-order valence-corrected chi connectivity index (χ3v) is 0. The van der Waals surface area contributed by atoms with Crippen molar-refractivity contribution in [3.05, 3.63) is 0 Å². The normalized spacial score (nSPS) is 3.60. The first-order valence-corrected chi connectivity index (χ1v) is 1.41. The average molecular weight is 92.1 g/mol. The van der Waals surface area contributed by atoms with Gasteiger partial charge in [0.15, 0.2) is 0 Å². The van der Waals surface area contributed by atoms with Crippen molar-refractivity contribution in [1.29, 1.82) is 0 Å². The van der Waals surface area contributed by atoms with Crippen molar-refractivity contribution in [1.82, 2.24) is 0 Å². The second-order valence-corrected chi connectivity index (χ2v) is 0.707. The summed E-state index contributed by atoms with van der Waals surface area (Å²) in [5.74, 6) is 0. The molecule has 0 aromatic carbocycles. The molecule has 0 fully saturated rings. The van der Waals surface area contributed by atoms with Crippen LogP contribution in [0.1, 0.15) is 20.3 Å². The Kier molecular flexibility index (Phi) is 52.5. The van der Waals surface area contributed by atoms with Crippen LogP contribution in [0, 0.1) is 0 Å². The van der Waals surface area contributed by atoms with E-state index < -0.39 is 0 Å². The average Bonchev–Trinajstić information content (AvgIpc) is 0.918. The Morgan fingerprint density at radius 3 is 1.00 bits per heavy atom. The first-order valence-electron chi connectivity index (χ1n) is 1.41. The first kappa shape index (κ1) is 15.8. The van der Waals surface area contributed by atoms with Crippen LogP contribution in [0.25, 0.3) is 0 Å². The second-order valence-electron chi connectivity index (χ2n) is 0.707. The summed E-state index contributed by atoms with van der Waals surface area (Å²) in [5.41, 5.74) is 0. The molecule has 0 bridgehead atoms. The summed E-state index contributed by atoms with van der Waals surface area (Å²) >= 11 is 0. The summed E-state index contributed by atoms with van der Waals surface area (Å²) < 4.78 is 0. The molecule has 2 heteroatoms. The maximum atomic E-state index is 2.12. The van der Waals surface area contributed by atoms with E-state index in [9.17, 15) is 0 Å². The van der Waals surface area contributed by atoms with Crippen molar-refractivity contribution in [2.75, 3.05) is 0 Å². The molecular weight excluding hydrogens is 82.0 g/mol. The fraction of sp³-hybridized carbons (Fsp3) is 1.00. The molecule has 24 valence electrons. The van der Waals surface area contributed by atoms with Crippen molar-refractivity contribution >= 4 is 59.1 Å². The summed E-state index contributed by atoms with van der Waals surface area (Å²) in [6.45, 7) is 4.25. The van der Waals surface area contributed by atoms with Crippen LogP contribution in [0.4, 0.5) is 0 Å². The van der Waals surface area contributed by atoms with Gasteiger partial charge in [0.2, 0.25) is 0 Å². The van der Waals surface area contributed by atoms with Gasteiger partial charge < -0.3 is 0 Å². The van der Waals surface area contributed by atoms with Gasteiger partial charge in [-0.05, 0) is 0 Å².